The highest BCUT2D eigenvalue weighted by Gasteiger charge is 1.92. The van der Waals surface area contributed by atoms with Crippen molar-refractivity contribution in [2.75, 3.05) is 0 Å². The first-order valence-electron chi connectivity index (χ1n) is 4.40. The van der Waals surface area contributed by atoms with E-state index in [2.05, 4.69) is 26.5 Å². The molecule has 0 N–H and O–H groups in total. The first kappa shape index (κ1) is 11.2. The van der Waals surface area contributed by atoms with Crippen molar-refractivity contribution in [2.24, 2.45) is 0 Å². The Morgan fingerprint density at radius 2 is 1.83 bits per heavy atom. The van der Waals surface area contributed by atoms with Crippen LogP contribution in [0.1, 0.15) is 39.5 Å². The van der Waals surface area contributed by atoms with Gasteiger partial charge in [-0.05, 0) is 33.1 Å². The van der Waals surface area contributed by atoms with Gasteiger partial charge in [-0.1, -0.05) is 23.8 Å². The van der Waals surface area contributed by atoms with Gasteiger partial charge in [0.15, 0.2) is 0 Å². The number of rotatable bonds is 6. The van der Waals surface area contributed by atoms with Crippen molar-refractivity contribution >= 4 is 6.29 Å². The molecule has 0 heterocycles. The average molecular weight is 166 g/mol. The highest BCUT2D eigenvalue weighted by Crippen LogP contribution is 2.10. The van der Waals surface area contributed by atoms with Gasteiger partial charge in [0.2, 0.25) is 0 Å². The fourth-order valence-corrected chi connectivity index (χ4v) is 0.953. The monoisotopic (exact) mass is 166 g/mol. The molecule has 0 aliphatic heterocycles. The molecule has 0 aromatic rings. The van der Waals surface area contributed by atoms with E-state index in [1.165, 1.54) is 11.1 Å². The molecule has 12 heavy (non-hydrogen) atoms. The second-order valence-corrected chi connectivity index (χ2v) is 3.28. The second-order valence-electron chi connectivity index (χ2n) is 3.28. The van der Waals surface area contributed by atoms with Crippen LogP contribution in [0.25, 0.3) is 0 Å². The minimum Gasteiger partial charge on any atom is -0.303 e. The molecular formula is C11H18O. The Kier molecular flexibility index (Phi) is 6.35. The first-order valence-corrected chi connectivity index (χ1v) is 4.40. The lowest BCUT2D eigenvalue weighted by atomic mass is 10.1. The summed E-state index contributed by atoms with van der Waals surface area (Å²) in [6, 6.07) is 0. The van der Waals surface area contributed by atoms with E-state index in [-0.39, 0.29) is 0 Å². The van der Waals surface area contributed by atoms with Crippen molar-refractivity contribution < 1.29 is 4.79 Å². The second kappa shape index (κ2) is 6.84. The Labute approximate surface area is 75.2 Å². The van der Waals surface area contributed by atoms with Crippen molar-refractivity contribution in [1.29, 1.82) is 0 Å². The van der Waals surface area contributed by atoms with Crippen LogP contribution in [0, 0.1) is 0 Å². The molecule has 0 saturated heterocycles. The van der Waals surface area contributed by atoms with Crippen LogP contribution in [-0.2, 0) is 4.79 Å². The topological polar surface area (TPSA) is 17.1 Å². The Morgan fingerprint density at radius 3 is 2.33 bits per heavy atom. The molecule has 68 valence electrons. The van der Waals surface area contributed by atoms with E-state index < -0.39 is 0 Å². The summed E-state index contributed by atoms with van der Waals surface area (Å²) >= 11 is 0. The molecule has 0 aliphatic rings. The third-order valence-electron chi connectivity index (χ3n) is 1.67. The summed E-state index contributed by atoms with van der Waals surface area (Å²) in [5.74, 6) is 0. The fraction of sp³-hybridized carbons (Fsp3) is 0.545. The molecule has 0 bridgehead atoms. The summed E-state index contributed by atoms with van der Waals surface area (Å²) in [6.45, 7) is 8.08. The molecule has 0 atom stereocenters. The van der Waals surface area contributed by atoms with E-state index in [1.54, 1.807) is 0 Å². The Hall–Kier alpha value is -0.850. The van der Waals surface area contributed by atoms with Crippen LogP contribution in [0.3, 0.4) is 0 Å². The molecule has 0 aromatic heterocycles. The minimum absolute atomic E-state index is 0.619. The van der Waals surface area contributed by atoms with E-state index in [0.717, 1.165) is 25.5 Å². The number of allylic oxidation sites excluding steroid dienone is 3. The number of hydrogen-bond donors (Lipinski definition) is 0. The normalized spacial score (nSPS) is 9.17. The van der Waals surface area contributed by atoms with E-state index in [9.17, 15) is 4.79 Å². The summed E-state index contributed by atoms with van der Waals surface area (Å²) in [7, 11) is 0. The summed E-state index contributed by atoms with van der Waals surface area (Å²) in [5, 5.41) is 0. The lowest BCUT2D eigenvalue weighted by Crippen LogP contribution is -1.83. The van der Waals surface area contributed by atoms with Crippen molar-refractivity contribution in [1.82, 2.24) is 0 Å². The quantitative estimate of drug-likeness (QED) is 0.437. The van der Waals surface area contributed by atoms with Gasteiger partial charge in [-0.3, -0.25) is 0 Å². The zero-order valence-corrected chi connectivity index (χ0v) is 8.10. The fourth-order valence-electron chi connectivity index (χ4n) is 0.953. The molecule has 0 rings (SSSR count). The largest absolute Gasteiger partial charge is 0.303 e. The maximum absolute atomic E-state index is 10.0. The van der Waals surface area contributed by atoms with E-state index in [0.29, 0.717) is 6.42 Å². The number of hydrogen-bond acceptors (Lipinski definition) is 1. The van der Waals surface area contributed by atoms with Gasteiger partial charge < -0.3 is 4.79 Å². The molecule has 0 spiro atoms. The first-order chi connectivity index (χ1) is 5.66. The van der Waals surface area contributed by atoms with E-state index in [4.69, 9.17) is 0 Å². The Morgan fingerprint density at radius 1 is 1.25 bits per heavy atom. The Bertz CT molecular complexity index is 173. The molecule has 0 unspecified atom stereocenters. The van der Waals surface area contributed by atoms with Gasteiger partial charge >= 0.3 is 0 Å². The third-order valence-corrected chi connectivity index (χ3v) is 1.67. The van der Waals surface area contributed by atoms with Crippen molar-refractivity contribution in [3.05, 3.63) is 23.8 Å². The molecule has 0 aromatic carbocycles. The number of aldehydes is 1. The third kappa shape index (κ3) is 7.26. The summed E-state index contributed by atoms with van der Waals surface area (Å²) in [5.41, 5.74) is 2.53. The molecule has 0 saturated carbocycles. The average Bonchev–Trinajstić information content (AvgIpc) is 2.00. The molecular weight excluding hydrogens is 148 g/mol. The van der Waals surface area contributed by atoms with Gasteiger partial charge in [0.25, 0.3) is 0 Å². The summed E-state index contributed by atoms with van der Waals surface area (Å²) < 4.78 is 0. The van der Waals surface area contributed by atoms with Crippen LogP contribution in [0.2, 0.25) is 0 Å². The van der Waals surface area contributed by atoms with E-state index in [1.807, 2.05) is 0 Å². The summed E-state index contributed by atoms with van der Waals surface area (Å²) in [4.78, 5) is 10.0. The zero-order valence-electron chi connectivity index (χ0n) is 8.10. The van der Waals surface area contributed by atoms with Crippen LogP contribution in [0.4, 0.5) is 0 Å². The van der Waals surface area contributed by atoms with Crippen LogP contribution in [0.15, 0.2) is 23.8 Å². The standard InChI is InChI=1S/C11H18O/c1-10(2)6-4-7-11(3)8-5-9-12/h6,9H,3-5,7-8H2,1-2H3. The Balaban J connectivity index is 3.44. The summed E-state index contributed by atoms with van der Waals surface area (Å²) in [6.07, 6.45) is 6.69. The van der Waals surface area contributed by atoms with E-state index >= 15 is 0 Å². The molecule has 0 radical (unpaired) electrons. The number of carbonyl (C=O) groups is 1. The lowest BCUT2D eigenvalue weighted by molar-refractivity contribution is -0.107. The van der Waals surface area contributed by atoms with Gasteiger partial charge in [-0.15, -0.1) is 0 Å². The molecule has 0 fully saturated rings. The lowest BCUT2D eigenvalue weighted by Gasteiger charge is -1.99. The smallest absolute Gasteiger partial charge is 0.120 e. The molecule has 1 nitrogen and oxygen atoms in total. The molecule has 1 heteroatoms. The number of carbonyl (C=O) groups excluding carboxylic acids is 1. The van der Waals surface area contributed by atoms with Crippen molar-refractivity contribution in [2.45, 2.75) is 39.5 Å². The molecule has 0 aliphatic carbocycles. The van der Waals surface area contributed by atoms with Crippen molar-refractivity contribution in [3.63, 3.8) is 0 Å². The van der Waals surface area contributed by atoms with Gasteiger partial charge in [-0.25, -0.2) is 0 Å². The van der Waals surface area contributed by atoms with Crippen LogP contribution in [0.5, 0.6) is 0 Å². The predicted molar refractivity (Wildman–Crippen MR) is 53.1 cm³/mol. The maximum Gasteiger partial charge on any atom is 0.120 e. The van der Waals surface area contributed by atoms with Gasteiger partial charge in [0, 0.05) is 6.42 Å². The van der Waals surface area contributed by atoms with Crippen LogP contribution < -0.4 is 0 Å². The minimum atomic E-state index is 0.619. The molecule has 0 amide bonds. The highest BCUT2D eigenvalue weighted by atomic mass is 16.1. The van der Waals surface area contributed by atoms with Gasteiger partial charge in [0.05, 0.1) is 0 Å². The van der Waals surface area contributed by atoms with Gasteiger partial charge in [-0.2, -0.15) is 0 Å². The van der Waals surface area contributed by atoms with Crippen molar-refractivity contribution in [3.8, 4) is 0 Å². The zero-order chi connectivity index (χ0) is 9.40. The highest BCUT2D eigenvalue weighted by molar-refractivity contribution is 5.49. The van der Waals surface area contributed by atoms with Crippen LogP contribution >= 0.6 is 0 Å². The van der Waals surface area contributed by atoms with Gasteiger partial charge in [0.1, 0.15) is 6.29 Å². The predicted octanol–water partition coefficient (Wildman–Crippen LogP) is 3.27. The maximum atomic E-state index is 10.0. The SMILES string of the molecule is C=C(CCC=O)CCC=C(C)C. The van der Waals surface area contributed by atoms with Crippen LogP contribution in [-0.4, -0.2) is 6.29 Å².